The van der Waals surface area contributed by atoms with E-state index in [2.05, 4.69) is 15.2 Å². The largest absolute Gasteiger partial charge is 0.573 e. The number of carbonyl (C=O) groups is 2. The lowest BCUT2D eigenvalue weighted by atomic mass is 10.0. The van der Waals surface area contributed by atoms with Crippen LogP contribution in [-0.4, -0.2) is 33.1 Å². The number of alkyl halides is 3. The molecule has 0 aliphatic heterocycles. The molecule has 31 heavy (non-hydrogen) atoms. The Morgan fingerprint density at radius 2 is 1.74 bits per heavy atom. The number of aromatic nitrogens is 2. The van der Waals surface area contributed by atoms with Crippen LogP contribution in [0.3, 0.4) is 0 Å². The molecule has 1 heterocycles. The number of amides is 1. The summed E-state index contributed by atoms with van der Waals surface area (Å²) >= 11 is 0. The fourth-order valence-electron chi connectivity index (χ4n) is 2.85. The van der Waals surface area contributed by atoms with Crippen molar-refractivity contribution in [3.63, 3.8) is 0 Å². The Labute approximate surface area is 172 Å². The van der Waals surface area contributed by atoms with Crippen molar-refractivity contribution in [1.29, 1.82) is 0 Å². The molecule has 1 atom stereocenters. The van der Waals surface area contributed by atoms with Crippen molar-refractivity contribution >= 4 is 11.9 Å². The number of carboxylic acid groups (broad SMARTS) is 1. The van der Waals surface area contributed by atoms with Crippen molar-refractivity contribution < 1.29 is 32.6 Å². The van der Waals surface area contributed by atoms with Crippen LogP contribution in [0.2, 0.25) is 0 Å². The molecule has 3 rings (SSSR count). The molecule has 8 nitrogen and oxygen atoms in total. The number of nitrogens with zero attached hydrogens (tertiary/aromatic N) is 1. The molecule has 11 heteroatoms. The average Bonchev–Trinajstić information content (AvgIpc) is 3.09. The smallest absolute Gasteiger partial charge is 0.481 e. The minimum atomic E-state index is -4.87. The van der Waals surface area contributed by atoms with Crippen LogP contribution in [0.15, 0.2) is 65.5 Å². The van der Waals surface area contributed by atoms with Gasteiger partial charge in [-0.15, -0.1) is 13.2 Å². The number of nitrogens with one attached hydrogen (secondary N) is 2. The van der Waals surface area contributed by atoms with Crippen molar-refractivity contribution in [3.8, 4) is 11.4 Å². The second kappa shape index (κ2) is 8.78. The first-order chi connectivity index (χ1) is 14.6. The van der Waals surface area contributed by atoms with Gasteiger partial charge in [0.05, 0.1) is 18.2 Å². The highest BCUT2D eigenvalue weighted by atomic mass is 19.4. The van der Waals surface area contributed by atoms with Gasteiger partial charge in [-0.1, -0.05) is 30.3 Å². The fourth-order valence-corrected chi connectivity index (χ4v) is 2.85. The van der Waals surface area contributed by atoms with Gasteiger partial charge < -0.3 is 15.2 Å². The molecular weight excluding hydrogens is 419 g/mol. The molecule has 1 amide bonds. The van der Waals surface area contributed by atoms with E-state index in [1.165, 1.54) is 12.1 Å². The number of aliphatic carboxylic acids is 1. The zero-order valence-corrected chi connectivity index (χ0v) is 15.7. The van der Waals surface area contributed by atoms with E-state index in [1.807, 2.05) is 0 Å². The Bertz CT molecular complexity index is 1120. The van der Waals surface area contributed by atoms with Gasteiger partial charge in [0, 0.05) is 6.07 Å². The SMILES string of the molecule is O=C(O)CC(NC(=O)c1cc(=O)n(-c2ccccc2)[nH]1)c1ccc(OC(F)(F)F)cc1. The Kier molecular flexibility index (Phi) is 6.14. The minimum Gasteiger partial charge on any atom is -0.481 e. The second-order valence-electron chi connectivity index (χ2n) is 6.42. The number of carbonyl (C=O) groups excluding carboxylic acids is 1. The van der Waals surface area contributed by atoms with Crippen LogP contribution >= 0.6 is 0 Å². The highest BCUT2D eigenvalue weighted by Crippen LogP contribution is 2.25. The van der Waals surface area contributed by atoms with Gasteiger partial charge >= 0.3 is 12.3 Å². The molecule has 3 N–H and O–H groups in total. The molecule has 0 aliphatic carbocycles. The zero-order valence-electron chi connectivity index (χ0n) is 15.7. The van der Waals surface area contributed by atoms with Gasteiger partial charge in [-0.2, -0.15) is 0 Å². The van der Waals surface area contributed by atoms with Gasteiger partial charge in [-0.05, 0) is 29.8 Å². The van der Waals surface area contributed by atoms with E-state index >= 15 is 0 Å². The van der Waals surface area contributed by atoms with Crippen LogP contribution in [0.4, 0.5) is 13.2 Å². The molecule has 0 saturated carbocycles. The van der Waals surface area contributed by atoms with Gasteiger partial charge in [0.2, 0.25) is 0 Å². The van der Waals surface area contributed by atoms with E-state index < -0.39 is 42.0 Å². The number of hydrogen-bond acceptors (Lipinski definition) is 4. The van der Waals surface area contributed by atoms with Crippen LogP contribution in [0.25, 0.3) is 5.69 Å². The first kappa shape index (κ1) is 21.7. The van der Waals surface area contributed by atoms with Crippen molar-refractivity contribution in [2.45, 2.75) is 18.8 Å². The summed E-state index contributed by atoms with van der Waals surface area (Å²) in [6.07, 6.45) is -5.40. The first-order valence-electron chi connectivity index (χ1n) is 8.88. The van der Waals surface area contributed by atoms with Crippen LogP contribution in [-0.2, 0) is 4.79 Å². The van der Waals surface area contributed by atoms with Crippen molar-refractivity contribution in [2.75, 3.05) is 0 Å². The molecule has 0 spiro atoms. The van der Waals surface area contributed by atoms with E-state index in [0.717, 1.165) is 22.9 Å². The predicted molar refractivity (Wildman–Crippen MR) is 102 cm³/mol. The van der Waals surface area contributed by atoms with Gasteiger partial charge in [-0.3, -0.25) is 19.5 Å². The number of halogens is 3. The summed E-state index contributed by atoms with van der Waals surface area (Å²) in [7, 11) is 0. The zero-order chi connectivity index (χ0) is 22.6. The third-order valence-corrected chi connectivity index (χ3v) is 4.18. The number of para-hydroxylation sites is 1. The summed E-state index contributed by atoms with van der Waals surface area (Å²) in [6.45, 7) is 0. The van der Waals surface area contributed by atoms with E-state index in [1.54, 1.807) is 30.3 Å². The number of benzene rings is 2. The highest BCUT2D eigenvalue weighted by Gasteiger charge is 2.31. The van der Waals surface area contributed by atoms with E-state index in [-0.39, 0.29) is 11.3 Å². The lowest BCUT2D eigenvalue weighted by Gasteiger charge is -2.18. The third-order valence-electron chi connectivity index (χ3n) is 4.18. The molecule has 0 saturated heterocycles. The van der Waals surface area contributed by atoms with Gasteiger partial charge in [0.25, 0.3) is 11.5 Å². The minimum absolute atomic E-state index is 0.110. The van der Waals surface area contributed by atoms with Gasteiger partial charge in [0.15, 0.2) is 0 Å². The maximum Gasteiger partial charge on any atom is 0.573 e. The summed E-state index contributed by atoms with van der Waals surface area (Å²) in [4.78, 5) is 36.0. The van der Waals surface area contributed by atoms with E-state index in [9.17, 15) is 27.6 Å². The maximum absolute atomic E-state index is 12.6. The molecule has 0 radical (unpaired) electrons. The third kappa shape index (κ3) is 5.75. The number of ether oxygens (including phenoxy) is 1. The van der Waals surface area contributed by atoms with Crippen LogP contribution in [0.5, 0.6) is 5.75 Å². The summed E-state index contributed by atoms with van der Waals surface area (Å²) in [5, 5.41) is 14.3. The summed E-state index contributed by atoms with van der Waals surface area (Å²) in [5.74, 6) is -2.48. The predicted octanol–water partition coefficient (Wildman–Crippen LogP) is 3.01. The molecule has 2 aromatic carbocycles. The maximum atomic E-state index is 12.6. The van der Waals surface area contributed by atoms with Gasteiger partial charge in [0.1, 0.15) is 11.4 Å². The van der Waals surface area contributed by atoms with Gasteiger partial charge in [-0.25, -0.2) is 4.68 Å². The second-order valence-corrected chi connectivity index (χ2v) is 6.42. The number of rotatable bonds is 7. The monoisotopic (exact) mass is 435 g/mol. The normalized spacial score (nSPS) is 12.2. The quantitative estimate of drug-likeness (QED) is 0.528. The number of hydrogen-bond donors (Lipinski definition) is 3. The summed E-state index contributed by atoms with van der Waals surface area (Å²) < 4.78 is 41.8. The molecular formula is C20H16F3N3O5. The number of aromatic amines is 1. The van der Waals surface area contributed by atoms with Crippen LogP contribution in [0.1, 0.15) is 28.5 Å². The Morgan fingerprint density at radius 1 is 1.10 bits per heavy atom. The van der Waals surface area contributed by atoms with E-state index in [0.29, 0.717) is 5.69 Å². The lowest BCUT2D eigenvalue weighted by Crippen LogP contribution is -2.30. The van der Waals surface area contributed by atoms with Crippen molar-refractivity contribution in [1.82, 2.24) is 15.1 Å². The van der Waals surface area contributed by atoms with Crippen LogP contribution in [0, 0.1) is 0 Å². The Hall–Kier alpha value is -4.02. The van der Waals surface area contributed by atoms with Crippen molar-refractivity contribution in [3.05, 3.63) is 82.3 Å². The summed E-state index contributed by atoms with van der Waals surface area (Å²) in [6, 6.07) is 12.9. The number of carboxylic acids is 1. The first-order valence-corrected chi connectivity index (χ1v) is 8.88. The topological polar surface area (TPSA) is 113 Å². The van der Waals surface area contributed by atoms with Crippen LogP contribution < -0.4 is 15.6 Å². The molecule has 0 fully saturated rings. The van der Waals surface area contributed by atoms with E-state index in [4.69, 9.17) is 5.11 Å². The molecule has 1 unspecified atom stereocenters. The molecule has 1 aromatic heterocycles. The summed E-state index contributed by atoms with van der Waals surface area (Å²) in [5.41, 5.74) is 0.130. The number of H-pyrrole nitrogens is 1. The molecule has 162 valence electrons. The molecule has 0 aliphatic rings. The molecule has 0 bridgehead atoms. The Balaban J connectivity index is 1.81. The molecule has 3 aromatic rings. The standard InChI is InChI=1S/C20H16F3N3O5/c21-20(22,23)31-14-8-6-12(7-9-14)15(11-18(28)29)24-19(30)16-10-17(27)26(25-16)13-4-2-1-3-5-13/h1-10,15,25H,11H2,(H,24,30)(H,28,29). The Morgan fingerprint density at radius 3 is 2.32 bits per heavy atom. The fraction of sp³-hybridized carbons (Fsp3) is 0.150. The highest BCUT2D eigenvalue weighted by molar-refractivity contribution is 5.92. The lowest BCUT2D eigenvalue weighted by molar-refractivity contribution is -0.274. The average molecular weight is 435 g/mol. The van der Waals surface area contributed by atoms with Crippen molar-refractivity contribution in [2.24, 2.45) is 0 Å².